The molecule has 124 valence electrons. The number of carbonyl (C=O) groups is 1. The normalized spacial score (nSPS) is 23.3. The van der Waals surface area contributed by atoms with Crippen LogP contribution in [0, 0.1) is 18.8 Å². The van der Waals surface area contributed by atoms with Gasteiger partial charge in [0.05, 0.1) is 18.3 Å². The molecular weight excluding hydrogens is 280 g/mol. The van der Waals surface area contributed by atoms with Gasteiger partial charge in [0, 0.05) is 25.0 Å². The summed E-state index contributed by atoms with van der Waals surface area (Å²) in [7, 11) is 0. The Morgan fingerprint density at radius 2 is 2.09 bits per heavy atom. The number of aromatic nitrogens is 1. The summed E-state index contributed by atoms with van der Waals surface area (Å²) in [6, 6.07) is 1.82. The number of H-pyrrole nitrogens is 1. The predicted molar refractivity (Wildman–Crippen MR) is 85.6 cm³/mol. The van der Waals surface area contributed by atoms with Gasteiger partial charge in [-0.15, -0.1) is 0 Å². The molecule has 1 heterocycles. The van der Waals surface area contributed by atoms with Crippen molar-refractivity contribution in [1.82, 2.24) is 9.88 Å². The van der Waals surface area contributed by atoms with Crippen molar-refractivity contribution in [1.29, 1.82) is 0 Å². The van der Waals surface area contributed by atoms with E-state index in [2.05, 4.69) is 11.9 Å². The Morgan fingerprint density at radius 3 is 2.64 bits per heavy atom. The molecular formula is C17H28N2O3. The van der Waals surface area contributed by atoms with Crippen molar-refractivity contribution in [3.05, 3.63) is 23.5 Å². The van der Waals surface area contributed by atoms with Gasteiger partial charge < -0.3 is 20.1 Å². The minimum atomic E-state index is -0.883. The zero-order valence-corrected chi connectivity index (χ0v) is 13.6. The third-order valence-corrected chi connectivity index (χ3v) is 4.62. The molecule has 0 bridgehead atoms. The van der Waals surface area contributed by atoms with E-state index in [4.69, 9.17) is 5.11 Å². The number of nitrogens with one attached hydrogen (secondary N) is 1. The minimum Gasteiger partial charge on any atom is -0.394 e. The molecule has 1 saturated carbocycles. The van der Waals surface area contributed by atoms with Gasteiger partial charge in [-0.25, -0.2) is 0 Å². The topological polar surface area (TPSA) is 76.6 Å². The van der Waals surface area contributed by atoms with Crippen LogP contribution in [0.5, 0.6) is 0 Å². The second-order valence-corrected chi connectivity index (χ2v) is 6.74. The summed E-state index contributed by atoms with van der Waals surface area (Å²) in [4.78, 5) is 17.4. The second kappa shape index (κ2) is 7.79. The first kappa shape index (κ1) is 17.0. The molecule has 1 atom stereocenters. The highest BCUT2D eigenvalue weighted by Gasteiger charge is 2.25. The van der Waals surface area contributed by atoms with Crippen LogP contribution in [0.15, 0.2) is 12.3 Å². The van der Waals surface area contributed by atoms with Crippen LogP contribution < -0.4 is 0 Å². The molecule has 1 aromatic heterocycles. The Labute approximate surface area is 132 Å². The monoisotopic (exact) mass is 308 g/mol. The van der Waals surface area contributed by atoms with E-state index in [9.17, 15) is 9.90 Å². The lowest BCUT2D eigenvalue weighted by Crippen LogP contribution is -2.42. The van der Waals surface area contributed by atoms with E-state index < -0.39 is 6.10 Å². The number of nitrogens with zero attached hydrogens (tertiary/aromatic N) is 1. The average molecular weight is 308 g/mol. The Balaban J connectivity index is 2.03. The number of aliphatic hydroxyl groups excluding tert-OH is 2. The van der Waals surface area contributed by atoms with Crippen LogP contribution in [0.4, 0.5) is 0 Å². The van der Waals surface area contributed by atoms with Gasteiger partial charge in [0.25, 0.3) is 5.91 Å². The maximum atomic E-state index is 12.7. The summed E-state index contributed by atoms with van der Waals surface area (Å²) >= 11 is 0. The molecule has 1 aliphatic rings. The lowest BCUT2D eigenvalue weighted by molar-refractivity contribution is 0.0398. The summed E-state index contributed by atoms with van der Waals surface area (Å²) < 4.78 is 0. The number of hydrogen-bond donors (Lipinski definition) is 3. The van der Waals surface area contributed by atoms with Gasteiger partial charge >= 0.3 is 0 Å². The number of rotatable bonds is 6. The minimum absolute atomic E-state index is 0.0736. The van der Waals surface area contributed by atoms with Crippen LogP contribution in [0.2, 0.25) is 0 Å². The lowest BCUT2D eigenvalue weighted by atomic mass is 9.82. The third-order valence-electron chi connectivity index (χ3n) is 4.62. The van der Waals surface area contributed by atoms with Crippen molar-refractivity contribution in [2.75, 3.05) is 19.7 Å². The number of aliphatic hydroxyl groups is 2. The highest BCUT2D eigenvalue weighted by molar-refractivity contribution is 5.94. The maximum absolute atomic E-state index is 12.7. The van der Waals surface area contributed by atoms with Crippen LogP contribution in [-0.4, -0.2) is 51.8 Å². The first-order valence-electron chi connectivity index (χ1n) is 8.22. The zero-order chi connectivity index (χ0) is 16.1. The molecule has 0 aliphatic heterocycles. The number of aromatic amines is 1. The molecule has 5 nitrogen and oxygen atoms in total. The quantitative estimate of drug-likeness (QED) is 0.752. The number of carbonyl (C=O) groups excluding carboxylic acids is 1. The van der Waals surface area contributed by atoms with Gasteiger partial charge in [0.15, 0.2) is 0 Å². The third kappa shape index (κ3) is 4.58. The predicted octanol–water partition coefficient (Wildman–Crippen LogP) is 1.94. The first-order valence-corrected chi connectivity index (χ1v) is 8.22. The van der Waals surface area contributed by atoms with E-state index in [1.54, 1.807) is 11.1 Å². The molecule has 0 radical (unpaired) electrons. The fraction of sp³-hybridized carbons (Fsp3) is 0.706. The Kier molecular flexibility index (Phi) is 6.03. The summed E-state index contributed by atoms with van der Waals surface area (Å²) in [5.74, 6) is 1.19. The highest BCUT2D eigenvalue weighted by atomic mass is 16.3. The second-order valence-electron chi connectivity index (χ2n) is 6.74. The van der Waals surface area contributed by atoms with E-state index in [0.29, 0.717) is 18.0 Å². The van der Waals surface area contributed by atoms with Gasteiger partial charge in [-0.05, 0) is 37.7 Å². The summed E-state index contributed by atoms with van der Waals surface area (Å²) in [5, 5.41) is 18.8. The summed E-state index contributed by atoms with van der Waals surface area (Å²) in [6.45, 7) is 4.71. The lowest BCUT2D eigenvalue weighted by Gasteiger charge is -2.32. The van der Waals surface area contributed by atoms with E-state index in [-0.39, 0.29) is 19.1 Å². The molecule has 0 spiro atoms. The van der Waals surface area contributed by atoms with Crippen LogP contribution >= 0.6 is 0 Å². The average Bonchev–Trinajstić information content (AvgIpc) is 2.94. The summed E-state index contributed by atoms with van der Waals surface area (Å²) in [5.41, 5.74) is 1.56. The van der Waals surface area contributed by atoms with Gasteiger partial charge in [0.2, 0.25) is 0 Å². The van der Waals surface area contributed by atoms with Crippen LogP contribution in [0.25, 0.3) is 0 Å². The van der Waals surface area contributed by atoms with Crippen molar-refractivity contribution in [3.63, 3.8) is 0 Å². The van der Waals surface area contributed by atoms with Crippen LogP contribution in [-0.2, 0) is 0 Å². The van der Waals surface area contributed by atoms with Crippen molar-refractivity contribution < 1.29 is 15.0 Å². The van der Waals surface area contributed by atoms with Gasteiger partial charge in [-0.3, -0.25) is 4.79 Å². The molecule has 5 heteroatoms. The molecule has 2 rings (SSSR count). The SMILES string of the molecule is Cc1cc(C(=O)N(CC(O)CO)CC2CCC(C)CC2)c[nH]1. The van der Waals surface area contributed by atoms with Crippen molar-refractivity contribution in [2.24, 2.45) is 11.8 Å². The number of aryl methyl sites for hydroxylation is 1. The zero-order valence-electron chi connectivity index (χ0n) is 13.6. The van der Waals surface area contributed by atoms with Crippen molar-refractivity contribution >= 4 is 5.91 Å². The maximum Gasteiger partial charge on any atom is 0.255 e. The number of amides is 1. The molecule has 3 N–H and O–H groups in total. The Bertz CT molecular complexity index is 478. The molecule has 1 aliphatic carbocycles. The first-order chi connectivity index (χ1) is 10.5. The largest absolute Gasteiger partial charge is 0.394 e. The molecule has 1 fully saturated rings. The Morgan fingerprint density at radius 1 is 1.41 bits per heavy atom. The molecule has 0 saturated heterocycles. The standard InChI is InChI=1S/C17H28N2O3/c1-12-3-5-14(6-4-12)9-19(10-16(21)11-20)17(22)15-7-13(2)18-8-15/h7-8,12,14,16,18,20-21H,3-6,9-11H2,1-2H3. The van der Waals surface area contributed by atoms with Gasteiger partial charge in [-0.1, -0.05) is 19.8 Å². The fourth-order valence-electron chi connectivity index (χ4n) is 3.19. The van der Waals surface area contributed by atoms with E-state index in [1.165, 1.54) is 12.8 Å². The molecule has 22 heavy (non-hydrogen) atoms. The van der Waals surface area contributed by atoms with E-state index in [0.717, 1.165) is 24.5 Å². The molecule has 1 unspecified atom stereocenters. The van der Waals surface area contributed by atoms with Crippen molar-refractivity contribution in [2.45, 2.75) is 45.6 Å². The molecule has 1 amide bonds. The number of hydrogen-bond acceptors (Lipinski definition) is 3. The van der Waals surface area contributed by atoms with Gasteiger partial charge in [0.1, 0.15) is 0 Å². The summed E-state index contributed by atoms with van der Waals surface area (Å²) in [6.07, 6.45) is 5.50. The van der Waals surface area contributed by atoms with Crippen LogP contribution in [0.1, 0.15) is 48.7 Å². The molecule has 1 aromatic rings. The smallest absolute Gasteiger partial charge is 0.255 e. The van der Waals surface area contributed by atoms with Crippen LogP contribution in [0.3, 0.4) is 0 Å². The molecule has 0 aromatic carbocycles. The van der Waals surface area contributed by atoms with E-state index >= 15 is 0 Å². The highest BCUT2D eigenvalue weighted by Crippen LogP contribution is 2.29. The fourth-order valence-corrected chi connectivity index (χ4v) is 3.19. The van der Waals surface area contributed by atoms with Crippen molar-refractivity contribution in [3.8, 4) is 0 Å². The van der Waals surface area contributed by atoms with Gasteiger partial charge in [-0.2, -0.15) is 0 Å². The Hall–Kier alpha value is -1.33. The van der Waals surface area contributed by atoms with E-state index in [1.807, 2.05) is 13.0 Å².